The average molecular weight is 872 g/mol. The summed E-state index contributed by atoms with van der Waals surface area (Å²) in [6.45, 7) is 4.99. The normalized spacial score (nSPS) is 12.2. The number of anilines is 1. The highest BCUT2D eigenvalue weighted by Gasteiger charge is 2.30. The summed E-state index contributed by atoms with van der Waals surface area (Å²) in [4.78, 5) is 33.3. The van der Waals surface area contributed by atoms with Gasteiger partial charge in [0.05, 0.1) is 58.9 Å². The second-order valence-electron chi connectivity index (χ2n) is 13.9. The van der Waals surface area contributed by atoms with Gasteiger partial charge in [-0.3, -0.25) is 22.7 Å². The van der Waals surface area contributed by atoms with E-state index in [1.165, 1.54) is 16.5 Å². The van der Waals surface area contributed by atoms with Gasteiger partial charge in [0.2, 0.25) is 0 Å². The van der Waals surface area contributed by atoms with Crippen molar-refractivity contribution in [3.63, 3.8) is 0 Å². The summed E-state index contributed by atoms with van der Waals surface area (Å²) in [7, 11) is 1.59. The maximum Gasteiger partial charge on any atom is 0.408 e. The molecule has 1 amide bonds. The van der Waals surface area contributed by atoms with Crippen molar-refractivity contribution in [2.45, 2.75) is 58.3 Å². The number of methoxy groups -OCH3 is 1. The van der Waals surface area contributed by atoms with Gasteiger partial charge in [-0.15, -0.1) is 0 Å². The van der Waals surface area contributed by atoms with Gasteiger partial charge in [0.25, 0.3) is 5.56 Å². The lowest BCUT2D eigenvalue weighted by atomic mass is 10.0. The number of nitrogens with one attached hydrogen (secondary N) is 1. The number of aryl methyl sites for hydroxylation is 1. The monoisotopic (exact) mass is 870 g/mol. The van der Waals surface area contributed by atoms with Crippen molar-refractivity contribution in [1.82, 2.24) is 24.6 Å². The zero-order valence-electron chi connectivity index (χ0n) is 31.2. The van der Waals surface area contributed by atoms with E-state index < -0.39 is 41.6 Å². The molecule has 1 N–H and O–H groups in total. The number of hydrogen-bond donors (Lipinski definition) is 1. The Kier molecular flexibility index (Phi) is 12.6. The molecule has 0 bridgehead atoms. The van der Waals surface area contributed by atoms with E-state index in [1.54, 1.807) is 62.9 Å². The molecule has 6 rings (SSSR count). The highest BCUT2D eigenvalue weighted by Crippen LogP contribution is 2.39. The molecule has 10 nitrogen and oxygen atoms in total. The number of nitrogens with zero attached hydrogens (tertiary/aromatic N) is 5. The minimum Gasteiger partial charge on any atom is -0.497 e. The number of alkyl halides is 1. The zero-order chi connectivity index (χ0) is 40.3. The van der Waals surface area contributed by atoms with E-state index in [4.69, 9.17) is 31.2 Å². The van der Waals surface area contributed by atoms with E-state index in [-0.39, 0.29) is 41.8 Å². The number of benzene rings is 4. The molecule has 0 saturated carbocycles. The Morgan fingerprint density at radius 2 is 1.75 bits per heavy atom. The molecule has 0 aliphatic carbocycles. The minimum atomic E-state index is -1.17. The summed E-state index contributed by atoms with van der Waals surface area (Å²) in [6.07, 6.45) is 0.967. The van der Waals surface area contributed by atoms with Gasteiger partial charge in [0, 0.05) is 29.8 Å². The predicted molar refractivity (Wildman–Crippen MR) is 219 cm³/mol. The van der Waals surface area contributed by atoms with Crippen LogP contribution in [0.3, 0.4) is 0 Å². The van der Waals surface area contributed by atoms with E-state index in [1.807, 2.05) is 34.8 Å². The molecule has 0 aliphatic rings. The molecule has 294 valence electrons. The van der Waals surface area contributed by atoms with Crippen LogP contribution in [0.25, 0.3) is 27.5 Å². The zero-order valence-corrected chi connectivity index (χ0v) is 34.4. The smallest absolute Gasteiger partial charge is 0.408 e. The lowest BCUT2D eigenvalue weighted by molar-refractivity contribution is 0.0500. The third-order valence-electron chi connectivity index (χ3n) is 8.71. The highest BCUT2D eigenvalue weighted by molar-refractivity contribution is 9.10. The number of amides is 1. The molecule has 1 atom stereocenters. The van der Waals surface area contributed by atoms with Crippen molar-refractivity contribution in [2.75, 3.05) is 24.3 Å². The number of ether oxygens (including phenoxy) is 2. The quantitative estimate of drug-likeness (QED) is 0.115. The molecular weight excluding hydrogens is 833 g/mol. The van der Waals surface area contributed by atoms with Crippen LogP contribution in [0.2, 0.25) is 5.02 Å². The summed E-state index contributed by atoms with van der Waals surface area (Å²) < 4.78 is 59.4. The highest BCUT2D eigenvalue weighted by atomic mass is 79.9. The van der Waals surface area contributed by atoms with Gasteiger partial charge in [-0.2, -0.15) is 5.10 Å². The number of carbonyl (C=O) groups is 1. The van der Waals surface area contributed by atoms with Crippen LogP contribution in [0.5, 0.6) is 5.75 Å². The number of hydrogen-bond acceptors (Lipinski definition) is 8. The van der Waals surface area contributed by atoms with E-state index in [0.29, 0.717) is 44.0 Å². The lowest BCUT2D eigenvalue weighted by Gasteiger charge is -2.26. The van der Waals surface area contributed by atoms with Crippen LogP contribution >= 0.6 is 39.5 Å². The van der Waals surface area contributed by atoms with Crippen LogP contribution < -0.4 is 19.9 Å². The fourth-order valence-corrected chi connectivity index (χ4v) is 7.52. The Balaban J connectivity index is 1.63. The molecule has 0 fully saturated rings. The molecular formula is C40H39BrClF3N6O4S. The predicted octanol–water partition coefficient (Wildman–Crippen LogP) is 9.89. The van der Waals surface area contributed by atoms with Crippen LogP contribution in [-0.4, -0.2) is 51.1 Å². The first-order chi connectivity index (χ1) is 26.7. The molecule has 0 spiro atoms. The molecule has 0 radical (unpaired) electrons. The Morgan fingerprint density at radius 1 is 1.04 bits per heavy atom. The third-order valence-corrected chi connectivity index (χ3v) is 10.3. The SMILES string of the molecule is COc1ccc(CN(SC)c2nn(CCCF)c3c(-n4c(C(Cc5cc(F)cc(F)c5)NC(=O)OC(C)(C)C)nc5cc(Br)ccc5c4=O)ccc(Cl)c23)cc1. The van der Waals surface area contributed by atoms with E-state index in [0.717, 1.165) is 23.8 Å². The Labute approximate surface area is 339 Å². The molecule has 1 unspecified atom stereocenters. The van der Waals surface area contributed by atoms with E-state index in [9.17, 15) is 22.8 Å². The minimum absolute atomic E-state index is 0.0273. The number of carbonyl (C=O) groups excluding carboxylic acids is 1. The number of fused-ring (bicyclic) bond motifs is 2. The first kappa shape index (κ1) is 40.9. The fourth-order valence-electron chi connectivity index (χ4n) is 6.36. The van der Waals surface area contributed by atoms with Crippen LogP contribution in [-0.2, 0) is 24.2 Å². The van der Waals surface area contributed by atoms with Gasteiger partial charge >= 0.3 is 6.09 Å². The molecule has 0 saturated heterocycles. The molecule has 56 heavy (non-hydrogen) atoms. The van der Waals surface area contributed by atoms with Crippen molar-refractivity contribution in [3.8, 4) is 11.4 Å². The fraction of sp³-hybridized carbons (Fsp3) is 0.300. The van der Waals surface area contributed by atoms with Gasteiger partial charge < -0.3 is 14.8 Å². The second-order valence-corrected chi connectivity index (χ2v) is 16.0. The second kappa shape index (κ2) is 17.2. The van der Waals surface area contributed by atoms with Crippen LogP contribution in [0, 0.1) is 11.6 Å². The molecule has 0 aliphatic heterocycles. The van der Waals surface area contributed by atoms with Gasteiger partial charge in [0.15, 0.2) is 5.82 Å². The Bertz CT molecular complexity index is 2440. The largest absolute Gasteiger partial charge is 0.497 e. The summed E-state index contributed by atoms with van der Waals surface area (Å²) in [5.74, 6) is -0.432. The van der Waals surface area contributed by atoms with Gasteiger partial charge in [-0.05, 0) is 92.9 Å². The topological polar surface area (TPSA) is 104 Å². The van der Waals surface area contributed by atoms with Gasteiger partial charge in [-0.25, -0.2) is 18.6 Å². The van der Waals surface area contributed by atoms with Crippen LogP contribution in [0.4, 0.5) is 23.8 Å². The van der Waals surface area contributed by atoms with Gasteiger partial charge in [0.1, 0.15) is 28.8 Å². The molecule has 16 heteroatoms. The summed E-state index contributed by atoms with van der Waals surface area (Å²) in [5.41, 5.74) is 0.702. The van der Waals surface area contributed by atoms with Crippen molar-refractivity contribution in [2.24, 2.45) is 0 Å². The van der Waals surface area contributed by atoms with E-state index in [2.05, 4.69) is 21.2 Å². The number of alkyl carbamates (subject to hydrolysis) is 1. The first-order valence-corrected chi connectivity index (χ1v) is 19.9. The molecule has 2 aromatic heterocycles. The van der Waals surface area contributed by atoms with Crippen LogP contribution in [0.1, 0.15) is 50.2 Å². The van der Waals surface area contributed by atoms with Gasteiger partial charge in [-0.1, -0.05) is 51.6 Å². The lowest BCUT2D eigenvalue weighted by Crippen LogP contribution is -2.39. The first-order valence-electron chi connectivity index (χ1n) is 17.6. The maximum absolute atomic E-state index is 14.9. The standard InChI is InChI=1S/C40H39BrClF3N6O4S/c1-40(2,3)55-39(53)47-32(19-24-17-26(44)21-27(45)18-24)36-46-31-20-25(41)9-12-29(31)38(52)51(36)33-14-13-30(42)34-35(33)49(16-6-15-43)48-37(34)50(56-5)22-23-7-10-28(54-4)11-8-23/h7-14,17-18,20-21,32H,6,15-16,19,22H2,1-5H3,(H,47,53). The average Bonchev–Trinajstić information content (AvgIpc) is 3.52. The van der Waals surface area contributed by atoms with E-state index >= 15 is 0 Å². The number of rotatable bonds is 13. The number of halogens is 5. The Hall–Kier alpha value is -4.73. The molecule has 4 aromatic carbocycles. The van der Waals surface area contributed by atoms with Crippen molar-refractivity contribution in [1.29, 1.82) is 0 Å². The van der Waals surface area contributed by atoms with Crippen molar-refractivity contribution >= 4 is 73.2 Å². The third kappa shape index (κ3) is 9.11. The summed E-state index contributed by atoms with van der Waals surface area (Å²) >= 11 is 11.9. The van der Waals surface area contributed by atoms with Crippen molar-refractivity contribution < 1.29 is 27.4 Å². The summed E-state index contributed by atoms with van der Waals surface area (Å²) in [6, 6.07) is 17.7. The summed E-state index contributed by atoms with van der Waals surface area (Å²) in [5, 5.41) is 8.83. The van der Waals surface area contributed by atoms with Crippen molar-refractivity contribution in [3.05, 3.63) is 121 Å². The van der Waals surface area contributed by atoms with Crippen LogP contribution in [0.15, 0.2) is 82.1 Å². The molecule has 2 heterocycles. The maximum atomic E-state index is 14.9. The number of aromatic nitrogens is 4. The molecule has 6 aromatic rings. The Morgan fingerprint density at radius 3 is 2.39 bits per heavy atom.